The van der Waals surface area contributed by atoms with Gasteiger partial charge >= 0.3 is 0 Å². The Morgan fingerprint density at radius 2 is 2.04 bits per heavy atom. The largest absolute Gasteiger partial charge is 0.355 e. The molecule has 0 unspecified atom stereocenters. The molecule has 0 aliphatic heterocycles. The lowest BCUT2D eigenvalue weighted by Gasteiger charge is -2.16. The number of para-hydroxylation sites is 1. The van der Waals surface area contributed by atoms with Crippen molar-refractivity contribution in [2.45, 2.75) is 51.2 Å². The van der Waals surface area contributed by atoms with Gasteiger partial charge in [0.1, 0.15) is 0 Å². The fourth-order valence-electron chi connectivity index (χ4n) is 2.47. The average molecular weight is 347 g/mol. The highest BCUT2D eigenvalue weighted by atomic mass is 32.2. The number of amides is 1. The molecule has 1 N–H and O–H groups in total. The first kappa shape index (κ1) is 18.5. The van der Waals surface area contributed by atoms with Gasteiger partial charge in [0, 0.05) is 12.6 Å². The van der Waals surface area contributed by atoms with Crippen LogP contribution in [0.2, 0.25) is 0 Å². The molecule has 0 aliphatic rings. The van der Waals surface area contributed by atoms with E-state index in [0.717, 1.165) is 19.3 Å². The van der Waals surface area contributed by atoms with E-state index in [1.54, 1.807) is 10.6 Å². The van der Waals surface area contributed by atoms with E-state index in [1.807, 2.05) is 32.0 Å². The Bertz CT molecular complexity index is 756. The summed E-state index contributed by atoms with van der Waals surface area (Å²) in [5, 5.41) is 4.12. The van der Waals surface area contributed by atoms with E-state index in [9.17, 15) is 9.59 Å². The molecule has 2 rings (SSSR count). The van der Waals surface area contributed by atoms with Crippen LogP contribution in [-0.2, 0) is 4.79 Å². The minimum atomic E-state index is -0.0542. The molecular weight excluding hydrogens is 322 g/mol. The van der Waals surface area contributed by atoms with Crippen molar-refractivity contribution in [1.82, 2.24) is 14.9 Å². The molecule has 5 nitrogen and oxygen atoms in total. The first-order valence-corrected chi connectivity index (χ1v) is 9.44. The highest BCUT2D eigenvalue weighted by Gasteiger charge is 2.15. The second-order valence-corrected chi connectivity index (χ2v) is 6.97. The number of thioether (sulfide) groups is 1. The molecule has 6 heteroatoms. The molecule has 2 aromatic rings. The van der Waals surface area contributed by atoms with Gasteiger partial charge in [0.15, 0.2) is 5.16 Å². The van der Waals surface area contributed by atoms with E-state index in [0.29, 0.717) is 22.6 Å². The summed E-state index contributed by atoms with van der Waals surface area (Å²) in [5.41, 5.74) is 0.617. The molecule has 0 aliphatic carbocycles. The molecule has 0 spiro atoms. The van der Waals surface area contributed by atoms with Crippen molar-refractivity contribution >= 4 is 28.6 Å². The second-order valence-electron chi connectivity index (χ2n) is 6.03. The third-order valence-corrected chi connectivity index (χ3v) is 4.68. The van der Waals surface area contributed by atoms with Gasteiger partial charge in [-0.3, -0.25) is 14.2 Å². The van der Waals surface area contributed by atoms with Crippen LogP contribution in [0.3, 0.4) is 0 Å². The number of nitrogens with zero attached hydrogens (tertiary/aromatic N) is 2. The van der Waals surface area contributed by atoms with Gasteiger partial charge in [-0.2, -0.15) is 0 Å². The van der Waals surface area contributed by atoms with Crippen molar-refractivity contribution < 1.29 is 4.79 Å². The van der Waals surface area contributed by atoms with Gasteiger partial charge in [-0.25, -0.2) is 4.98 Å². The van der Waals surface area contributed by atoms with Gasteiger partial charge in [0.25, 0.3) is 5.56 Å². The molecule has 0 saturated carbocycles. The lowest BCUT2D eigenvalue weighted by molar-refractivity contribution is -0.118. The van der Waals surface area contributed by atoms with E-state index in [-0.39, 0.29) is 23.3 Å². The summed E-state index contributed by atoms with van der Waals surface area (Å²) in [4.78, 5) is 29.2. The molecular formula is C18H25N3O2S. The summed E-state index contributed by atoms with van der Waals surface area (Å²) in [6.45, 7) is 6.74. The molecule has 130 valence electrons. The van der Waals surface area contributed by atoms with Gasteiger partial charge in [0.05, 0.1) is 16.7 Å². The molecule has 1 aromatic carbocycles. The average Bonchev–Trinajstić information content (AvgIpc) is 2.56. The van der Waals surface area contributed by atoms with Crippen molar-refractivity contribution in [1.29, 1.82) is 0 Å². The fraction of sp³-hybridized carbons (Fsp3) is 0.500. The molecule has 1 amide bonds. The zero-order valence-corrected chi connectivity index (χ0v) is 15.4. The zero-order chi connectivity index (χ0) is 17.5. The minimum Gasteiger partial charge on any atom is -0.355 e. The van der Waals surface area contributed by atoms with Crippen LogP contribution in [0.15, 0.2) is 34.2 Å². The van der Waals surface area contributed by atoms with Crippen LogP contribution in [0, 0.1) is 0 Å². The van der Waals surface area contributed by atoms with Gasteiger partial charge < -0.3 is 5.32 Å². The normalized spacial score (nSPS) is 11.2. The summed E-state index contributed by atoms with van der Waals surface area (Å²) in [5.74, 6) is 0.248. The summed E-state index contributed by atoms with van der Waals surface area (Å²) >= 11 is 1.32. The number of aromatic nitrogens is 2. The van der Waals surface area contributed by atoms with E-state index < -0.39 is 0 Å². The van der Waals surface area contributed by atoms with E-state index >= 15 is 0 Å². The summed E-state index contributed by atoms with van der Waals surface area (Å²) < 4.78 is 1.66. The van der Waals surface area contributed by atoms with Crippen LogP contribution in [-0.4, -0.2) is 27.8 Å². The molecule has 0 bridgehead atoms. The Balaban J connectivity index is 2.14. The topological polar surface area (TPSA) is 64.0 Å². The van der Waals surface area contributed by atoms with Crippen LogP contribution < -0.4 is 10.9 Å². The maximum Gasteiger partial charge on any atom is 0.262 e. The Labute approximate surface area is 146 Å². The molecule has 0 radical (unpaired) electrons. The van der Waals surface area contributed by atoms with Crippen molar-refractivity contribution in [2.24, 2.45) is 0 Å². The van der Waals surface area contributed by atoms with Gasteiger partial charge in [0.2, 0.25) is 5.91 Å². The van der Waals surface area contributed by atoms with Crippen molar-refractivity contribution in [3.05, 3.63) is 34.6 Å². The maximum absolute atomic E-state index is 12.7. The third-order valence-electron chi connectivity index (χ3n) is 3.73. The maximum atomic E-state index is 12.7. The van der Waals surface area contributed by atoms with Crippen LogP contribution in [0.5, 0.6) is 0 Å². The van der Waals surface area contributed by atoms with Crippen LogP contribution in [0.4, 0.5) is 0 Å². The molecule has 24 heavy (non-hydrogen) atoms. The number of hydrogen-bond donors (Lipinski definition) is 1. The molecule has 1 aromatic heterocycles. The van der Waals surface area contributed by atoms with Crippen LogP contribution >= 0.6 is 11.8 Å². The molecule has 0 saturated heterocycles. The predicted molar refractivity (Wildman–Crippen MR) is 99.6 cm³/mol. The predicted octanol–water partition coefficient (Wildman–Crippen LogP) is 3.38. The number of nitrogens with one attached hydrogen (secondary N) is 1. The minimum absolute atomic E-state index is 0.00952. The number of benzene rings is 1. The Hall–Kier alpha value is -1.82. The summed E-state index contributed by atoms with van der Waals surface area (Å²) in [7, 11) is 0. The summed E-state index contributed by atoms with van der Waals surface area (Å²) in [6, 6.07) is 7.31. The smallest absolute Gasteiger partial charge is 0.262 e. The van der Waals surface area contributed by atoms with Crippen LogP contribution in [0.1, 0.15) is 46.1 Å². The van der Waals surface area contributed by atoms with Gasteiger partial charge in [-0.1, -0.05) is 43.7 Å². The van der Waals surface area contributed by atoms with Gasteiger partial charge in [-0.15, -0.1) is 0 Å². The Kier molecular flexibility index (Phi) is 6.85. The Morgan fingerprint density at radius 3 is 2.75 bits per heavy atom. The first-order valence-electron chi connectivity index (χ1n) is 8.45. The molecule has 0 fully saturated rings. The van der Waals surface area contributed by atoms with Crippen molar-refractivity contribution in [2.75, 3.05) is 12.3 Å². The SMILES string of the molecule is CCCCCNC(=O)CSc1nc2ccccc2c(=O)n1C(C)C. The quantitative estimate of drug-likeness (QED) is 0.452. The second kappa shape index (κ2) is 8.87. The van der Waals surface area contributed by atoms with E-state index in [2.05, 4.69) is 17.2 Å². The highest BCUT2D eigenvalue weighted by molar-refractivity contribution is 7.99. The van der Waals surface area contributed by atoms with E-state index in [4.69, 9.17) is 0 Å². The Morgan fingerprint density at radius 1 is 1.29 bits per heavy atom. The van der Waals surface area contributed by atoms with Crippen LogP contribution in [0.25, 0.3) is 10.9 Å². The number of rotatable bonds is 8. The fourth-order valence-corrected chi connectivity index (χ4v) is 3.42. The van der Waals surface area contributed by atoms with E-state index in [1.165, 1.54) is 11.8 Å². The number of hydrogen-bond acceptors (Lipinski definition) is 4. The number of fused-ring (bicyclic) bond motifs is 1. The third kappa shape index (κ3) is 4.60. The molecule has 1 heterocycles. The lowest BCUT2D eigenvalue weighted by Crippen LogP contribution is -2.28. The van der Waals surface area contributed by atoms with Crippen molar-refractivity contribution in [3.8, 4) is 0 Å². The number of unbranched alkanes of at least 4 members (excludes halogenated alkanes) is 2. The number of carbonyl (C=O) groups excluding carboxylic acids is 1. The lowest BCUT2D eigenvalue weighted by atomic mass is 10.2. The standard InChI is InChI=1S/C18H25N3O2S/c1-4-5-8-11-19-16(22)12-24-18-20-15-10-7-6-9-14(15)17(23)21(18)13(2)3/h6-7,9-10,13H,4-5,8,11-12H2,1-3H3,(H,19,22). The number of carbonyl (C=O) groups is 1. The molecule has 0 atom stereocenters. The van der Waals surface area contributed by atoms with Crippen molar-refractivity contribution in [3.63, 3.8) is 0 Å². The first-order chi connectivity index (χ1) is 11.5. The zero-order valence-electron chi connectivity index (χ0n) is 14.5. The highest BCUT2D eigenvalue weighted by Crippen LogP contribution is 2.20. The van der Waals surface area contributed by atoms with Gasteiger partial charge in [-0.05, 0) is 32.4 Å². The summed E-state index contributed by atoms with van der Waals surface area (Å²) in [6.07, 6.45) is 3.25. The monoisotopic (exact) mass is 347 g/mol.